The van der Waals surface area contributed by atoms with Crippen LogP contribution < -0.4 is 11.3 Å². The van der Waals surface area contributed by atoms with Gasteiger partial charge in [-0.1, -0.05) is 63.3 Å². The third-order valence-corrected chi connectivity index (χ3v) is 4.90. The maximum atomic E-state index is 6.00. The van der Waals surface area contributed by atoms with Crippen LogP contribution in [0.2, 0.25) is 0 Å². The van der Waals surface area contributed by atoms with Gasteiger partial charge in [-0.3, -0.25) is 11.3 Å². The molecule has 3 heteroatoms. The molecule has 1 aliphatic rings. The molecule has 1 atom stereocenters. The van der Waals surface area contributed by atoms with Crippen molar-refractivity contribution in [3.8, 4) is 0 Å². The minimum absolute atomic E-state index is 0.0660. The van der Waals surface area contributed by atoms with Gasteiger partial charge in [0.15, 0.2) is 0 Å². The van der Waals surface area contributed by atoms with Crippen LogP contribution in [-0.2, 0) is 11.2 Å². The van der Waals surface area contributed by atoms with E-state index in [1.807, 2.05) is 7.11 Å². The number of rotatable bonds is 6. The Bertz CT molecular complexity index is 408. The van der Waals surface area contributed by atoms with Gasteiger partial charge in [0.05, 0.1) is 11.6 Å². The molecule has 3 nitrogen and oxygen atoms in total. The number of hydrazine groups is 1. The zero-order valence-electron chi connectivity index (χ0n) is 13.5. The highest BCUT2D eigenvalue weighted by molar-refractivity contribution is 5.27. The molecule has 118 valence electrons. The number of benzene rings is 1. The van der Waals surface area contributed by atoms with E-state index in [2.05, 4.69) is 36.6 Å². The highest BCUT2D eigenvalue weighted by atomic mass is 16.5. The molecule has 0 heterocycles. The van der Waals surface area contributed by atoms with Crippen molar-refractivity contribution in [3.63, 3.8) is 0 Å². The predicted molar refractivity (Wildman–Crippen MR) is 87.9 cm³/mol. The number of nitrogens with one attached hydrogen (secondary N) is 1. The molecule has 21 heavy (non-hydrogen) atoms. The van der Waals surface area contributed by atoms with Gasteiger partial charge < -0.3 is 4.74 Å². The van der Waals surface area contributed by atoms with Crippen LogP contribution in [0.1, 0.15) is 69.0 Å². The fourth-order valence-corrected chi connectivity index (χ4v) is 3.65. The first-order valence-corrected chi connectivity index (χ1v) is 8.36. The molecule has 0 aliphatic heterocycles. The first-order chi connectivity index (χ1) is 10.3. The molecule has 0 bridgehead atoms. The lowest BCUT2D eigenvalue weighted by atomic mass is 9.82. The summed E-state index contributed by atoms with van der Waals surface area (Å²) in [6.07, 6.45) is 9.52. The summed E-state index contributed by atoms with van der Waals surface area (Å²) in [5, 5.41) is 0. The number of nitrogens with two attached hydrogens (primary N) is 1. The third-order valence-electron chi connectivity index (χ3n) is 4.90. The zero-order valence-corrected chi connectivity index (χ0v) is 13.5. The quantitative estimate of drug-likeness (QED) is 0.475. The summed E-state index contributed by atoms with van der Waals surface area (Å²) < 4.78 is 6.00. The smallest absolute Gasteiger partial charge is 0.0885 e. The van der Waals surface area contributed by atoms with Crippen molar-refractivity contribution in [1.82, 2.24) is 5.43 Å². The Morgan fingerprint density at radius 2 is 1.76 bits per heavy atom. The minimum atomic E-state index is -0.169. The molecule has 1 fully saturated rings. The van der Waals surface area contributed by atoms with Crippen LogP contribution in [0.3, 0.4) is 0 Å². The molecule has 1 aromatic carbocycles. The van der Waals surface area contributed by atoms with E-state index in [9.17, 15) is 0 Å². The number of aryl methyl sites for hydroxylation is 1. The van der Waals surface area contributed by atoms with Crippen molar-refractivity contribution in [2.75, 3.05) is 7.11 Å². The first kappa shape index (κ1) is 16.5. The molecule has 2 rings (SSSR count). The standard InChI is InChI=1S/C18H30N2O/c1-3-8-15-9-11-16(12-10-15)17(20-19)18(21-2)13-6-4-5-7-14-18/h9-12,17,20H,3-8,13-14,19H2,1-2H3. The van der Waals surface area contributed by atoms with Crippen molar-refractivity contribution in [1.29, 1.82) is 0 Å². The molecular weight excluding hydrogens is 260 g/mol. The maximum Gasteiger partial charge on any atom is 0.0885 e. The molecular formula is C18H30N2O. The summed E-state index contributed by atoms with van der Waals surface area (Å²) in [7, 11) is 1.83. The number of methoxy groups -OCH3 is 1. The van der Waals surface area contributed by atoms with Gasteiger partial charge in [0.1, 0.15) is 0 Å². The average molecular weight is 290 g/mol. The van der Waals surface area contributed by atoms with Gasteiger partial charge in [0, 0.05) is 7.11 Å². The minimum Gasteiger partial charge on any atom is -0.376 e. The molecule has 0 amide bonds. The second-order valence-electron chi connectivity index (χ2n) is 6.27. The zero-order chi connectivity index (χ0) is 15.1. The molecule has 3 N–H and O–H groups in total. The van der Waals surface area contributed by atoms with Crippen LogP contribution in [-0.4, -0.2) is 12.7 Å². The fraction of sp³-hybridized carbons (Fsp3) is 0.667. The highest BCUT2D eigenvalue weighted by Gasteiger charge is 2.39. The molecule has 1 unspecified atom stereocenters. The Kier molecular flexibility index (Phi) is 6.22. The van der Waals surface area contributed by atoms with E-state index in [4.69, 9.17) is 10.6 Å². The van der Waals surface area contributed by atoms with Crippen LogP contribution >= 0.6 is 0 Å². The fourth-order valence-electron chi connectivity index (χ4n) is 3.65. The van der Waals surface area contributed by atoms with Gasteiger partial charge in [-0.2, -0.15) is 0 Å². The van der Waals surface area contributed by atoms with Crippen LogP contribution in [0.15, 0.2) is 24.3 Å². The lowest BCUT2D eigenvalue weighted by molar-refractivity contribution is -0.0541. The van der Waals surface area contributed by atoms with Crippen LogP contribution in [0.5, 0.6) is 0 Å². The van der Waals surface area contributed by atoms with Gasteiger partial charge in [0.25, 0.3) is 0 Å². The molecule has 0 radical (unpaired) electrons. The first-order valence-electron chi connectivity index (χ1n) is 8.36. The van der Waals surface area contributed by atoms with Gasteiger partial charge in [-0.15, -0.1) is 0 Å². The van der Waals surface area contributed by atoms with E-state index in [1.165, 1.54) is 43.2 Å². The topological polar surface area (TPSA) is 47.3 Å². The summed E-state index contributed by atoms with van der Waals surface area (Å²) in [5.74, 6) is 5.91. The van der Waals surface area contributed by atoms with Crippen LogP contribution in [0.4, 0.5) is 0 Å². The molecule has 0 saturated heterocycles. The summed E-state index contributed by atoms with van der Waals surface area (Å²) >= 11 is 0. The Labute approximate surface area is 129 Å². The van der Waals surface area contributed by atoms with E-state index in [0.717, 1.165) is 19.3 Å². The summed E-state index contributed by atoms with van der Waals surface area (Å²) in [6, 6.07) is 8.94. The molecule has 1 aromatic rings. The maximum absolute atomic E-state index is 6.00. The van der Waals surface area contributed by atoms with E-state index in [0.29, 0.717) is 0 Å². The summed E-state index contributed by atoms with van der Waals surface area (Å²) in [6.45, 7) is 2.21. The van der Waals surface area contributed by atoms with Crippen LogP contribution in [0, 0.1) is 0 Å². The van der Waals surface area contributed by atoms with E-state index in [-0.39, 0.29) is 11.6 Å². The summed E-state index contributed by atoms with van der Waals surface area (Å²) in [4.78, 5) is 0. The van der Waals surface area contributed by atoms with Gasteiger partial charge in [-0.05, 0) is 30.4 Å². The lowest BCUT2D eigenvalue weighted by Crippen LogP contribution is -2.47. The third kappa shape index (κ3) is 3.85. The van der Waals surface area contributed by atoms with Gasteiger partial charge in [0.2, 0.25) is 0 Å². The average Bonchev–Trinajstić information content (AvgIpc) is 2.76. The Hall–Kier alpha value is -0.900. The molecule has 0 aromatic heterocycles. The second-order valence-corrected chi connectivity index (χ2v) is 6.27. The normalized spacial score (nSPS) is 20.0. The number of hydrogen-bond donors (Lipinski definition) is 2. The van der Waals surface area contributed by atoms with E-state index < -0.39 is 0 Å². The largest absolute Gasteiger partial charge is 0.376 e. The highest BCUT2D eigenvalue weighted by Crippen LogP contribution is 2.39. The lowest BCUT2D eigenvalue weighted by Gasteiger charge is -2.39. The Morgan fingerprint density at radius 3 is 2.24 bits per heavy atom. The molecule has 1 saturated carbocycles. The van der Waals surface area contributed by atoms with E-state index >= 15 is 0 Å². The van der Waals surface area contributed by atoms with E-state index in [1.54, 1.807) is 0 Å². The number of hydrogen-bond acceptors (Lipinski definition) is 3. The Morgan fingerprint density at radius 1 is 1.14 bits per heavy atom. The Balaban J connectivity index is 2.23. The predicted octanol–water partition coefficient (Wildman–Crippen LogP) is 3.88. The van der Waals surface area contributed by atoms with Crippen molar-refractivity contribution in [2.24, 2.45) is 5.84 Å². The van der Waals surface area contributed by atoms with Gasteiger partial charge >= 0.3 is 0 Å². The molecule has 0 spiro atoms. The van der Waals surface area contributed by atoms with Crippen molar-refractivity contribution >= 4 is 0 Å². The second kappa shape index (κ2) is 7.92. The monoisotopic (exact) mass is 290 g/mol. The van der Waals surface area contributed by atoms with Crippen LogP contribution in [0.25, 0.3) is 0 Å². The van der Waals surface area contributed by atoms with Crippen molar-refractivity contribution in [3.05, 3.63) is 35.4 Å². The van der Waals surface area contributed by atoms with Crippen molar-refractivity contribution in [2.45, 2.75) is 69.9 Å². The van der Waals surface area contributed by atoms with Gasteiger partial charge in [-0.25, -0.2) is 0 Å². The summed E-state index contributed by atoms with van der Waals surface area (Å²) in [5.41, 5.74) is 5.49. The van der Waals surface area contributed by atoms with Crippen molar-refractivity contribution < 1.29 is 4.74 Å². The SMILES string of the molecule is CCCc1ccc(C(NN)C2(OC)CCCCCC2)cc1. The molecule has 1 aliphatic carbocycles. The number of ether oxygens (including phenoxy) is 1.